The Morgan fingerprint density at radius 2 is 1.35 bits per heavy atom. The van der Waals surface area contributed by atoms with E-state index >= 15 is 0 Å². The summed E-state index contributed by atoms with van der Waals surface area (Å²) in [5.74, 6) is 0.556. The third kappa shape index (κ3) is 8.00. The van der Waals surface area contributed by atoms with Crippen LogP contribution in [0.4, 0.5) is 0 Å². The van der Waals surface area contributed by atoms with Gasteiger partial charge in [0.25, 0.3) is 0 Å². The molecule has 1 aliphatic rings. The molecule has 1 unspecified atom stereocenters. The van der Waals surface area contributed by atoms with E-state index in [1.54, 1.807) is 0 Å². The molecule has 4 heteroatoms. The maximum atomic E-state index is 3.22. The van der Waals surface area contributed by atoms with Crippen molar-refractivity contribution in [3.8, 4) is 0 Å². The number of halogens is 2. The summed E-state index contributed by atoms with van der Waals surface area (Å²) < 4.78 is 0. The van der Waals surface area contributed by atoms with Crippen molar-refractivity contribution in [2.45, 2.75) is 26.9 Å². The van der Waals surface area contributed by atoms with E-state index in [9.17, 15) is 0 Å². The van der Waals surface area contributed by atoms with E-state index in [0.717, 1.165) is 0 Å². The van der Waals surface area contributed by atoms with Crippen molar-refractivity contribution in [3.05, 3.63) is 78.4 Å². The molecular weight excluding hydrogens is 542 g/mol. The van der Waals surface area contributed by atoms with Crippen molar-refractivity contribution >= 4 is 27.0 Å². The van der Waals surface area contributed by atoms with Gasteiger partial charge in [-0.25, -0.2) is 11.6 Å². The Bertz CT molecular complexity index is 839. The molecule has 0 aliphatic heterocycles. The van der Waals surface area contributed by atoms with Crippen LogP contribution in [0.5, 0.6) is 0 Å². The first-order chi connectivity index (χ1) is 11.5. The van der Waals surface area contributed by atoms with E-state index in [1.165, 1.54) is 50.1 Å². The summed E-state index contributed by atoms with van der Waals surface area (Å²) in [4.78, 5) is 0. The Labute approximate surface area is 185 Å². The third-order valence-corrected chi connectivity index (χ3v) is 3.61. The average molecular weight is 566 g/mol. The molecule has 0 amide bonds. The van der Waals surface area contributed by atoms with Crippen molar-refractivity contribution in [2.24, 2.45) is 5.92 Å². The molecule has 0 saturated heterocycles. The van der Waals surface area contributed by atoms with Crippen LogP contribution in [-0.2, 0) is 23.0 Å². The number of hydrogen-bond donors (Lipinski definition) is 0. The Morgan fingerprint density at radius 3 is 1.65 bits per heavy atom. The van der Waals surface area contributed by atoms with E-state index in [0.29, 0.717) is 5.92 Å². The van der Waals surface area contributed by atoms with Crippen LogP contribution < -0.4 is 24.8 Å². The van der Waals surface area contributed by atoms with E-state index in [2.05, 4.69) is 99.8 Å². The smallest absolute Gasteiger partial charge is 0.0771 e. The summed E-state index contributed by atoms with van der Waals surface area (Å²) >= 11 is 1.45. The first-order valence-electron chi connectivity index (χ1n) is 8.30. The molecule has 0 nitrogen and oxygen atoms in total. The molecule has 0 heterocycles. The Hall–Kier alpha value is -0.543. The predicted molar refractivity (Wildman–Crippen MR) is 105 cm³/mol. The molecule has 1 aliphatic carbocycles. The van der Waals surface area contributed by atoms with Gasteiger partial charge in [-0.3, -0.25) is 6.08 Å². The fraction of sp³-hybridized carbons (Fsp3) is 0.227. The maximum absolute atomic E-state index is 3.22. The van der Waals surface area contributed by atoms with Crippen LogP contribution in [-0.4, -0.2) is 5.49 Å². The standard InChI is InChI=1S/C13H9.C7H9.C2H6Si.2ClH.Hf/c1-3-7-12-10(5-1)9-11-6-2-4-8-13(11)12;1-6-3-4-7(2)5-6;1-3-2;;;/h1-9H;3-4,6H,1-2H3;1-2H3;2*1H;/q2*-1;;;;+2/p-2. The molecule has 0 N–H and O–H groups in total. The molecular formula is C22H24Cl2HfSi-2. The number of hydrogen-bond acceptors (Lipinski definition) is 0. The van der Waals surface area contributed by atoms with Gasteiger partial charge in [0.1, 0.15) is 0 Å². The minimum absolute atomic E-state index is 0. The summed E-state index contributed by atoms with van der Waals surface area (Å²) in [6.07, 6.45) is 7.47. The minimum Gasteiger partial charge on any atom is -1.00 e. The molecule has 0 fully saturated rings. The minimum atomic E-state index is 0. The van der Waals surface area contributed by atoms with Crippen LogP contribution in [0.25, 0.3) is 21.5 Å². The molecule has 4 rings (SSSR count). The fourth-order valence-corrected chi connectivity index (χ4v) is 2.65. The van der Waals surface area contributed by atoms with Gasteiger partial charge in [-0.15, -0.1) is 39.7 Å². The molecule has 136 valence electrons. The van der Waals surface area contributed by atoms with Crippen LogP contribution in [0.1, 0.15) is 13.8 Å². The second kappa shape index (κ2) is 12.8. The number of allylic oxidation sites excluding steroid dienone is 4. The van der Waals surface area contributed by atoms with Gasteiger partial charge in [0.15, 0.2) is 0 Å². The maximum Gasteiger partial charge on any atom is -0.0771 e. The van der Waals surface area contributed by atoms with Crippen molar-refractivity contribution in [2.75, 3.05) is 0 Å². The van der Waals surface area contributed by atoms with Gasteiger partial charge in [-0.1, -0.05) is 56.2 Å². The molecule has 0 spiro atoms. The fourth-order valence-electron chi connectivity index (χ4n) is 2.65. The van der Waals surface area contributed by atoms with Gasteiger partial charge in [0.2, 0.25) is 0 Å². The molecule has 26 heavy (non-hydrogen) atoms. The number of fused-ring (bicyclic) bond motifs is 3. The van der Waals surface area contributed by atoms with Crippen LogP contribution in [0, 0.1) is 12.0 Å². The molecule has 0 bridgehead atoms. The zero-order chi connectivity index (χ0) is 17.5. The van der Waals surface area contributed by atoms with E-state index in [4.69, 9.17) is 0 Å². The van der Waals surface area contributed by atoms with E-state index in [1.807, 2.05) is 0 Å². The van der Waals surface area contributed by atoms with E-state index < -0.39 is 0 Å². The Morgan fingerprint density at radius 1 is 0.923 bits per heavy atom. The summed E-state index contributed by atoms with van der Waals surface area (Å²) in [5, 5.41) is 5.39. The molecule has 1 atom stereocenters. The first-order valence-corrected chi connectivity index (χ1v) is 16.2. The zero-order valence-electron chi connectivity index (χ0n) is 15.7. The van der Waals surface area contributed by atoms with Gasteiger partial charge in [0.05, 0.1) is 0 Å². The third-order valence-electron chi connectivity index (χ3n) is 3.61. The Kier molecular flexibility index (Phi) is 12.5. The van der Waals surface area contributed by atoms with Gasteiger partial charge >= 0.3 is 41.6 Å². The predicted octanol–water partition coefficient (Wildman–Crippen LogP) is 0.446. The number of rotatable bonds is 0. The SMILES string of the molecule is CC1=[C-]C(C)C=C1.C[Si](C)=[Hf+2].[Cl-].[Cl-].c1ccc2c(c1)[cH-]c1ccccc12. The average Bonchev–Trinajstić information content (AvgIpc) is 3.10. The molecule has 3 aromatic rings. The van der Waals surface area contributed by atoms with Crippen LogP contribution in [0.15, 0.2) is 72.3 Å². The van der Waals surface area contributed by atoms with Gasteiger partial charge < -0.3 is 24.8 Å². The van der Waals surface area contributed by atoms with Crippen molar-refractivity contribution in [1.29, 1.82) is 0 Å². The molecule has 0 aromatic heterocycles. The normalized spacial score (nSPS) is 14.2. The van der Waals surface area contributed by atoms with Gasteiger partial charge in [0, 0.05) is 0 Å². The summed E-state index contributed by atoms with van der Waals surface area (Å²) in [7, 11) is 0. The summed E-state index contributed by atoms with van der Waals surface area (Å²) in [5.41, 5.74) is 1.53. The molecule has 0 radical (unpaired) electrons. The van der Waals surface area contributed by atoms with Crippen LogP contribution in [0.2, 0.25) is 13.1 Å². The second-order valence-electron chi connectivity index (χ2n) is 6.29. The zero-order valence-corrected chi connectivity index (χ0v) is 21.8. The molecule has 3 aromatic carbocycles. The van der Waals surface area contributed by atoms with Crippen LogP contribution in [0.3, 0.4) is 0 Å². The summed E-state index contributed by atoms with van der Waals surface area (Å²) in [6, 6.07) is 19.3. The van der Waals surface area contributed by atoms with Crippen molar-refractivity contribution < 1.29 is 47.8 Å². The topological polar surface area (TPSA) is 0 Å². The monoisotopic (exact) mass is 566 g/mol. The van der Waals surface area contributed by atoms with E-state index in [-0.39, 0.29) is 30.3 Å². The van der Waals surface area contributed by atoms with Gasteiger partial charge in [-0.05, 0) is 0 Å². The largest absolute Gasteiger partial charge is 1.00 e. The van der Waals surface area contributed by atoms with Crippen LogP contribution >= 0.6 is 0 Å². The quantitative estimate of drug-likeness (QED) is 0.274. The van der Waals surface area contributed by atoms with Gasteiger partial charge in [-0.2, -0.15) is 6.08 Å². The van der Waals surface area contributed by atoms with Crippen molar-refractivity contribution in [1.82, 2.24) is 0 Å². The Balaban J connectivity index is 0.000000415. The summed E-state index contributed by atoms with van der Waals surface area (Å²) in [6.45, 7) is 8.86. The van der Waals surface area contributed by atoms with Crippen molar-refractivity contribution in [3.63, 3.8) is 0 Å². The second-order valence-corrected chi connectivity index (χ2v) is 19.1. The number of benzene rings is 2. The first kappa shape index (κ1) is 25.5. The molecule has 0 saturated carbocycles.